The smallest absolute Gasteiger partial charge is 0.258 e. The molecular weight excluding hydrogens is 424 g/mol. The molecule has 0 spiro atoms. The van der Waals surface area contributed by atoms with Crippen LogP contribution in [0.4, 0.5) is 0 Å². The van der Waals surface area contributed by atoms with Gasteiger partial charge in [0.05, 0.1) is 16.9 Å². The van der Waals surface area contributed by atoms with Crippen LogP contribution in [-0.2, 0) is 26.0 Å². The van der Waals surface area contributed by atoms with Gasteiger partial charge in [-0.15, -0.1) is 0 Å². The highest BCUT2D eigenvalue weighted by Gasteiger charge is 2.18. The van der Waals surface area contributed by atoms with E-state index in [1.807, 2.05) is 51.2 Å². The fraction of sp³-hybridized carbons (Fsp3) is 0.357. The number of nitrogens with one attached hydrogen (secondary N) is 1. The summed E-state index contributed by atoms with van der Waals surface area (Å²) in [5.41, 5.74) is 6.77. The molecule has 1 N–H and O–H groups in total. The maximum atomic E-state index is 12.9. The number of nitrogens with zero attached hydrogens (tertiary/aromatic N) is 3. The second-order valence-corrected chi connectivity index (χ2v) is 8.31. The first-order valence-corrected chi connectivity index (χ1v) is 12.3. The van der Waals surface area contributed by atoms with Crippen LogP contribution < -0.4 is 15.6 Å². The Morgan fingerprint density at radius 3 is 2.62 bits per heavy atom. The van der Waals surface area contributed by atoms with Crippen molar-refractivity contribution in [1.29, 1.82) is 0 Å². The van der Waals surface area contributed by atoms with E-state index in [1.54, 1.807) is 10.8 Å². The zero-order valence-corrected chi connectivity index (χ0v) is 20.6. The van der Waals surface area contributed by atoms with E-state index >= 15 is 0 Å². The number of ether oxygens (including phenoxy) is 1. The molecule has 0 aliphatic carbocycles. The van der Waals surface area contributed by atoms with E-state index in [-0.39, 0.29) is 5.56 Å². The van der Waals surface area contributed by atoms with Crippen LogP contribution in [0.25, 0.3) is 16.6 Å². The van der Waals surface area contributed by atoms with Gasteiger partial charge in [-0.05, 0) is 62.2 Å². The molecule has 1 aliphatic rings. The van der Waals surface area contributed by atoms with Crippen molar-refractivity contribution in [3.8, 4) is 11.4 Å². The van der Waals surface area contributed by atoms with Gasteiger partial charge in [-0.2, -0.15) is 0 Å². The van der Waals surface area contributed by atoms with Crippen LogP contribution in [0.1, 0.15) is 43.3 Å². The molecule has 1 aliphatic heterocycles. The normalized spacial score (nSPS) is 13.1. The van der Waals surface area contributed by atoms with Crippen LogP contribution in [0.5, 0.6) is 5.75 Å². The van der Waals surface area contributed by atoms with Crippen LogP contribution >= 0.6 is 0 Å². The number of hydrogen-bond donors (Lipinski definition) is 1. The molecule has 178 valence electrons. The summed E-state index contributed by atoms with van der Waals surface area (Å²) in [4.78, 5) is 17.2. The second kappa shape index (κ2) is 10.7. The highest BCUT2D eigenvalue weighted by molar-refractivity contribution is 5.87. The Balaban J connectivity index is 0.00000133. The standard InChI is InChI=1S/C26H28N4O2.C2H6/c1-3-29-24-9-12-27-11-8-23(24)22-7-6-20(14-25(22)29)30-13-10-21(15-26(30)31)32-17-19-5-4-18(2)16-28-19;1-2/h4-7,10,13-16,27H,3,8-9,11-12,17H2,1-2H3;1-2H3. The molecule has 0 atom stereocenters. The molecule has 0 amide bonds. The lowest BCUT2D eigenvalue weighted by Crippen LogP contribution is -2.17. The van der Waals surface area contributed by atoms with Crippen molar-refractivity contribution in [1.82, 2.24) is 19.4 Å². The molecule has 3 aromatic heterocycles. The monoisotopic (exact) mass is 458 g/mol. The summed E-state index contributed by atoms with van der Waals surface area (Å²) in [6, 6.07) is 13.7. The number of hydrogen-bond acceptors (Lipinski definition) is 4. The third kappa shape index (κ3) is 4.77. The summed E-state index contributed by atoms with van der Waals surface area (Å²) in [5.74, 6) is 0.547. The van der Waals surface area contributed by atoms with Crippen LogP contribution in [0.3, 0.4) is 0 Å². The SMILES string of the molecule is CC.CCn1c2c(c3ccc(-n4ccc(OCc5ccc(C)cn5)cc4=O)cc31)CCNCC2. The Labute approximate surface area is 201 Å². The van der Waals surface area contributed by atoms with Crippen molar-refractivity contribution in [3.63, 3.8) is 0 Å². The molecule has 5 rings (SSSR count). The van der Waals surface area contributed by atoms with Crippen LogP contribution in [0.15, 0.2) is 59.7 Å². The van der Waals surface area contributed by atoms with Crippen LogP contribution in [-0.4, -0.2) is 27.2 Å². The molecule has 0 fully saturated rings. The number of pyridine rings is 2. The lowest BCUT2D eigenvalue weighted by Gasteiger charge is -2.11. The molecule has 0 saturated carbocycles. The number of rotatable bonds is 5. The van der Waals surface area contributed by atoms with Crippen molar-refractivity contribution in [3.05, 3.63) is 87.7 Å². The van der Waals surface area contributed by atoms with Gasteiger partial charge in [0, 0.05) is 49.1 Å². The fourth-order valence-electron chi connectivity index (χ4n) is 4.59. The van der Waals surface area contributed by atoms with Crippen molar-refractivity contribution < 1.29 is 4.74 Å². The summed E-state index contributed by atoms with van der Waals surface area (Å²) >= 11 is 0. The predicted molar refractivity (Wildman–Crippen MR) is 138 cm³/mol. The van der Waals surface area contributed by atoms with Gasteiger partial charge in [0.15, 0.2) is 0 Å². The molecule has 6 nitrogen and oxygen atoms in total. The molecule has 0 saturated heterocycles. The number of aromatic nitrogens is 3. The van der Waals surface area contributed by atoms with E-state index in [1.165, 1.54) is 28.2 Å². The quantitative estimate of drug-likeness (QED) is 0.466. The highest BCUT2D eigenvalue weighted by atomic mass is 16.5. The Kier molecular flexibility index (Phi) is 7.48. The number of benzene rings is 1. The van der Waals surface area contributed by atoms with E-state index in [9.17, 15) is 4.79 Å². The Morgan fingerprint density at radius 2 is 1.88 bits per heavy atom. The summed E-state index contributed by atoms with van der Waals surface area (Å²) in [6.07, 6.45) is 5.68. The Morgan fingerprint density at radius 1 is 1.06 bits per heavy atom. The van der Waals surface area contributed by atoms with Crippen LogP contribution in [0.2, 0.25) is 0 Å². The Hall–Kier alpha value is -3.38. The lowest BCUT2D eigenvalue weighted by atomic mass is 10.1. The summed E-state index contributed by atoms with van der Waals surface area (Å²) in [6.45, 7) is 11.5. The predicted octanol–water partition coefficient (Wildman–Crippen LogP) is 4.81. The van der Waals surface area contributed by atoms with E-state index in [0.29, 0.717) is 12.4 Å². The minimum absolute atomic E-state index is 0.112. The number of aryl methyl sites for hydroxylation is 2. The number of fused-ring (bicyclic) bond motifs is 3. The molecule has 1 aromatic carbocycles. The fourth-order valence-corrected chi connectivity index (χ4v) is 4.59. The zero-order valence-electron chi connectivity index (χ0n) is 20.6. The average Bonchev–Trinajstić information content (AvgIpc) is 2.98. The Bertz CT molecular complexity index is 1320. The van der Waals surface area contributed by atoms with Crippen molar-refractivity contribution in [2.45, 2.75) is 53.7 Å². The van der Waals surface area contributed by atoms with E-state index in [2.05, 4.69) is 33.9 Å². The van der Waals surface area contributed by atoms with Crippen molar-refractivity contribution >= 4 is 10.9 Å². The van der Waals surface area contributed by atoms with E-state index in [4.69, 9.17) is 4.74 Å². The van der Waals surface area contributed by atoms with Gasteiger partial charge in [0.2, 0.25) is 0 Å². The molecule has 4 aromatic rings. The van der Waals surface area contributed by atoms with Gasteiger partial charge in [-0.3, -0.25) is 14.3 Å². The van der Waals surface area contributed by atoms with Gasteiger partial charge in [0.25, 0.3) is 5.56 Å². The molecule has 4 heterocycles. The highest BCUT2D eigenvalue weighted by Crippen LogP contribution is 2.30. The lowest BCUT2D eigenvalue weighted by molar-refractivity contribution is 0.300. The van der Waals surface area contributed by atoms with Crippen LogP contribution in [0, 0.1) is 6.92 Å². The molecule has 0 unspecified atom stereocenters. The largest absolute Gasteiger partial charge is 0.487 e. The molecular formula is C28H34N4O2. The van der Waals surface area contributed by atoms with Crippen molar-refractivity contribution in [2.75, 3.05) is 13.1 Å². The van der Waals surface area contributed by atoms with Gasteiger partial charge in [-0.1, -0.05) is 26.0 Å². The maximum absolute atomic E-state index is 12.9. The molecule has 0 bridgehead atoms. The maximum Gasteiger partial charge on any atom is 0.258 e. The summed E-state index contributed by atoms with van der Waals surface area (Å²) in [5, 5.41) is 4.79. The average molecular weight is 459 g/mol. The van der Waals surface area contributed by atoms with Crippen molar-refractivity contribution in [2.24, 2.45) is 0 Å². The first kappa shape index (κ1) is 23.8. The topological polar surface area (TPSA) is 61.1 Å². The molecule has 0 radical (unpaired) electrons. The van der Waals surface area contributed by atoms with E-state index < -0.39 is 0 Å². The van der Waals surface area contributed by atoms with E-state index in [0.717, 1.165) is 49.4 Å². The minimum atomic E-state index is -0.112. The summed E-state index contributed by atoms with van der Waals surface area (Å²) < 4.78 is 9.87. The summed E-state index contributed by atoms with van der Waals surface area (Å²) in [7, 11) is 0. The third-order valence-electron chi connectivity index (χ3n) is 6.21. The molecule has 34 heavy (non-hydrogen) atoms. The van der Waals surface area contributed by atoms with Gasteiger partial charge in [-0.25, -0.2) is 0 Å². The third-order valence-corrected chi connectivity index (χ3v) is 6.21. The first-order valence-electron chi connectivity index (χ1n) is 12.3. The zero-order chi connectivity index (χ0) is 24.1. The van der Waals surface area contributed by atoms with Gasteiger partial charge >= 0.3 is 0 Å². The van der Waals surface area contributed by atoms with Gasteiger partial charge in [0.1, 0.15) is 12.4 Å². The first-order chi connectivity index (χ1) is 16.6. The second-order valence-electron chi connectivity index (χ2n) is 8.31. The van der Waals surface area contributed by atoms with Gasteiger partial charge < -0.3 is 14.6 Å². The minimum Gasteiger partial charge on any atom is -0.487 e. The molecule has 6 heteroatoms.